The summed E-state index contributed by atoms with van der Waals surface area (Å²) < 4.78 is 22.8. The van der Waals surface area contributed by atoms with Crippen LogP contribution in [0.25, 0.3) is 0 Å². The smallest absolute Gasteiger partial charge is 0.150 e. The second-order valence-electron chi connectivity index (χ2n) is 6.10. The van der Waals surface area contributed by atoms with Gasteiger partial charge in [-0.2, -0.15) is 0 Å². The summed E-state index contributed by atoms with van der Waals surface area (Å²) in [7, 11) is -2.79. The molecule has 0 fully saturated rings. The van der Waals surface area contributed by atoms with Crippen molar-refractivity contribution in [2.75, 3.05) is 18.1 Å². The molecule has 3 nitrogen and oxygen atoms in total. The minimum atomic E-state index is -2.79. The van der Waals surface area contributed by atoms with Crippen molar-refractivity contribution in [1.29, 1.82) is 0 Å². The lowest BCUT2D eigenvalue weighted by atomic mass is 9.83. The molecule has 110 valence electrons. The number of sulfone groups is 1. The van der Waals surface area contributed by atoms with E-state index in [0.29, 0.717) is 11.8 Å². The highest BCUT2D eigenvalue weighted by Crippen LogP contribution is 2.23. The molecule has 1 unspecified atom stereocenters. The fourth-order valence-electron chi connectivity index (χ4n) is 1.97. The van der Waals surface area contributed by atoms with E-state index in [1.54, 1.807) is 6.92 Å². The number of hydrogen-bond acceptors (Lipinski definition) is 3. The molecule has 4 heteroatoms. The van der Waals surface area contributed by atoms with Crippen LogP contribution in [0, 0.1) is 5.41 Å². The predicted molar refractivity (Wildman–Crippen MR) is 79.7 cm³/mol. The first-order chi connectivity index (χ1) is 8.23. The van der Waals surface area contributed by atoms with E-state index < -0.39 is 9.84 Å². The average Bonchev–Trinajstić information content (AvgIpc) is 2.26. The van der Waals surface area contributed by atoms with Gasteiger partial charge in [0.05, 0.1) is 5.75 Å². The fourth-order valence-corrected chi connectivity index (χ4v) is 2.91. The molecule has 0 saturated heterocycles. The Morgan fingerprint density at radius 1 is 1.11 bits per heavy atom. The third-order valence-electron chi connectivity index (χ3n) is 3.32. The van der Waals surface area contributed by atoms with Gasteiger partial charge in [-0.1, -0.05) is 41.0 Å². The highest BCUT2D eigenvalue weighted by Gasteiger charge is 2.23. The van der Waals surface area contributed by atoms with E-state index in [1.165, 1.54) is 0 Å². The number of rotatable bonds is 9. The van der Waals surface area contributed by atoms with Crippen molar-refractivity contribution in [3.8, 4) is 0 Å². The van der Waals surface area contributed by atoms with Crippen molar-refractivity contribution in [2.45, 2.75) is 66.3 Å². The second kappa shape index (κ2) is 8.16. The van der Waals surface area contributed by atoms with Gasteiger partial charge in [0, 0.05) is 11.8 Å². The topological polar surface area (TPSA) is 46.2 Å². The zero-order valence-electron chi connectivity index (χ0n) is 12.8. The molecule has 0 bridgehead atoms. The van der Waals surface area contributed by atoms with Crippen LogP contribution in [-0.2, 0) is 9.84 Å². The molecule has 0 aliphatic carbocycles. The lowest BCUT2D eigenvalue weighted by Gasteiger charge is -2.31. The van der Waals surface area contributed by atoms with E-state index in [0.717, 1.165) is 32.2 Å². The highest BCUT2D eigenvalue weighted by molar-refractivity contribution is 7.91. The monoisotopic (exact) mass is 277 g/mol. The summed E-state index contributed by atoms with van der Waals surface area (Å²) >= 11 is 0. The second-order valence-corrected chi connectivity index (χ2v) is 8.58. The SMILES string of the molecule is CCCNC(CCCCS(=O)(=O)CC)C(C)(C)C. The van der Waals surface area contributed by atoms with Crippen molar-refractivity contribution in [1.82, 2.24) is 5.32 Å². The quantitative estimate of drug-likeness (QED) is 0.659. The number of nitrogens with one attached hydrogen (secondary N) is 1. The lowest BCUT2D eigenvalue weighted by Crippen LogP contribution is -2.40. The summed E-state index contributed by atoms with van der Waals surface area (Å²) in [4.78, 5) is 0. The van der Waals surface area contributed by atoms with E-state index in [-0.39, 0.29) is 11.2 Å². The summed E-state index contributed by atoms with van der Waals surface area (Å²) in [6, 6.07) is 0.474. The maximum Gasteiger partial charge on any atom is 0.150 e. The summed E-state index contributed by atoms with van der Waals surface area (Å²) in [5.41, 5.74) is 0.235. The Bertz CT molecular complexity index is 304. The van der Waals surface area contributed by atoms with E-state index in [4.69, 9.17) is 0 Å². The standard InChI is InChI=1S/C14H31NO2S/c1-6-11-15-13(14(3,4)5)10-8-9-12-18(16,17)7-2/h13,15H,6-12H2,1-5H3. The third-order valence-corrected chi connectivity index (χ3v) is 5.11. The molecular weight excluding hydrogens is 246 g/mol. The van der Waals surface area contributed by atoms with Crippen molar-refractivity contribution < 1.29 is 8.42 Å². The van der Waals surface area contributed by atoms with Crippen LogP contribution < -0.4 is 5.32 Å². The summed E-state index contributed by atoms with van der Waals surface area (Å²) in [6.07, 6.45) is 3.97. The molecular formula is C14H31NO2S. The predicted octanol–water partition coefficient (Wildman–Crippen LogP) is 3.01. The van der Waals surface area contributed by atoms with E-state index in [2.05, 4.69) is 33.0 Å². The zero-order chi connectivity index (χ0) is 14.2. The van der Waals surface area contributed by atoms with Gasteiger partial charge in [-0.05, 0) is 31.2 Å². The van der Waals surface area contributed by atoms with Crippen LogP contribution in [0.1, 0.15) is 60.3 Å². The summed E-state index contributed by atoms with van der Waals surface area (Å²) in [5, 5.41) is 3.57. The van der Waals surface area contributed by atoms with Crippen LogP contribution >= 0.6 is 0 Å². The molecule has 0 aromatic rings. The maximum atomic E-state index is 11.4. The average molecular weight is 277 g/mol. The first-order valence-corrected chi connectivity index (χ1v) is 8.99. The van der Waals surface area contributed by atoms with Gasteiger partial charge in [0.15, 0.2) is 0 Å². The lowest BCUT2D eigenvalue weighted by molar-refractivity contribution is 0.251. The molecule has 0 aromatic carbocycles. The Morgan fingerprint density at radius 3 is 2.17 bits per heavy atom. The van der Waals surface area contributed by atoms with Gasteiger partial charge in [0.1, 0.15) is 9.84 Å². The van der Waals surface area contributed by atoms with Gasteiger partial charge in [-0.15, -0.1) is 0 Å². The fraction of sp³-hybridized carbons (Fsp3) is 1.00. The summed E-state index contributed by atoms with van der Waals surface area (Å²) in [6.45, 7) is 11.6. The Labute approximate surface area is 114 Å². The van der Waals surface area contributed by atoms with Crippen molar-refractivity contribution in [2.24, 2.45) is 5.41 Å². The zero-order valence-corrected chi connectivity index (χ0v) is 13.6. The first-order valence-electron chi connectivity index (χ1n) is 7.16. The maximum absolute atomic E-state index is 11.4. The highest BCUT2D eigenvalue weighted by atomic mass is 32.2. The van der Waals surface area contributed by atoms with E-state index in [1.807, 2.05) is 0 Å². The number of hydrogen-bond donors (Lipinski definition) is 1. The van der Waals surface area contributed by atoms with Crippen LogP contribution in [0.15, 0.2) is 0 Å². The third kappa shape index (κ3) is 8.09. The van der Waals surface area contributed by atoms with Gasteiger partial charge < -0.3 is 5.32 Å². The molecule has 0 spiro atoms. The minimum Gasteiger partial charge on any atom is -0.313 e. The Balaban J connectivity index is 4.05. The van der Waals surface area contributed by atoms with Gasteiger partial charge in [-0.3, -0.25) is 0 Å². The molecule has 0 aliphatic heterocycles. The van der Waals surface area contributed by atoms with Crippen LogP contribution in [0.3, 0.4) is 0 Å². The number of unbranched alkanes of at least 4 members (excludes halogenated alkanes) is 1. The Hall–Kier alpha value is -0.0900. The normalized spacial score (nSPS) is 14.7. The van der Waals surface area contributed by atoms with Crippen LogP contribution in [0.5, 0.6) is 0 Å². The van der Waals surface area contributed by atoms with Crippen molar-refractivity contribution >= 4 is 9.84 Å². The molecule has 0 radical (unpaired) electrons. The van der Waals surface area contributed by atoms with Crippen molar-refractivity contribution in [3.63, 3.8) is 0 Å². The molecule has 0 amide bonds. The van der Waals surface area contributed by atoms with Gasteiger partial charge in [0.25, 0.3) is 0 Å². The molecule has 1 atom stereocenters. The molecule has 0 saturated carbocycles. The molecule has 0 aromatic heterocycles. The Morgan fingerprint density at radius 2 is 1.72 bits per heavy atom. The first kappa shape index (κ1) is 17.9. The van der Waals surface area contributed by atoms with Crippen molar-refractivity contribution in [3.05, 3.63) is 0 Å². The minimum absolute atomic E-state index is 0.235. The molecule has 1 N–H and O–H groups in total. The van der Waals surface area contributed by atoms with Gasteiger partial charge >= 0.3 is 0 Å². The molecule has 18 heavy (non-hydrogen) atoms. The van der Waals surface area contributed by atoms with Gasteiger partial charge in [0.2, 0.25) is 0 Å². The molecule has 0 heterocycles. The Kier molecular flexibility index (Phi) is 8.11. The van der Waals surface area contributed by atoms with Gasteiger partial charge in [-0.25, -0.2) is 8.42 Å². The van der Waals surface area contributed by atoms with Crippen LogP contribution in [0.4, 0.5) is 0 Å². The summed E-state index contributed by atoms with van der Waals surface area (Å²) in [5.74, 6) is 0.609. The van der Waals surface area contributed by atoms with E-state index >= 15 is 0 Å². The largest absolute Gasteiger partial charge is 0.313 e. The molecule has 0 aliphatic rings. The molecule has 0 rings (SSSR count). The van der Waals surface area contributed by atoms with E-state index in [9.17, 15) is 8.42 Å². The van der Waals surface area contributed by atoms with Crippen LogP contribution in [-0.4, -0.2) is 32.5 Å². The van der Waals surface area contributed by atoms with Crippen LogP contribution in [0.2, 0.25) is 0 Å².